The van der Waals surface area contributed by atoms with E-state index in [1.165, 1.54) is 43.8 Å². The van der Waals surface area contributed by atoms with Crippen LogP contribution in [0.5, 0.6) is 0 Å². The average molecular weight is 483 g/mol. The second-order valence-electron chi connectivity index (χ2n) is 9.88. The molecule has 0 saturated heterocycles. The monoisotopic (exact) mass is 482 g/mol. The molecule has 38 heavy (non-hydrogen) atoms. The highest BCUT2D eigenvalue weighted by atomic mass is 14.7. The smallest absolute Gasteiger partial charge is 0.0978 e. The number of benzene rings is 6. The van der Waals surface area contributed by atoms with Gasteiger partial charge in [-0.2, -0.15) is 0 Å². The predicted octanol–water partition coefficient (Wildman–Crippen LogP) is 9.58. The first-order valence-corrected chi connectivity index (χ1v) is 12.9. The summed E-state index contributed by atoms with van der Waals surface area (Å²) in [5, 5.41) is 8.37. The molecule has 0 radical (unpaired) electrons. The summed E-state index contributed by atoms with van der Waals surface area (Å²) in [7, 11) is 0. The molecule has 0 aliphatic carbocycles. The number of fused-ring (bicyclic) bond motifs is 6. The number of pyridine rings is 2. The molecule has 0 N–H and O–H groups in total. The van der Waals surface area contributed by atoms with Crippen molar-refractivity contribution in [3.63, 3.8) is 0 Å². The highest BCUT2D eigenvalue weighted by Gasteiger charge is 2.14. The van der Waals surface area contributed by atoms with Crippen molar-refractivity contribution in [3.8, 4) is 22.3 Å². The van der Waals surface area contributed by atoms with Crippen LogP contribution in [-0.4, -0.2) is 9.97 Å². The highest BCUT2D eigenvalue weighted by molar-refractivity contribution is 6.16. The Hall–Kier alpha value is -5.08. The van der Waals surface area contributed by atoms with Crippen LogP contribution < -0.4 is 0 Å². The summed E-state index contributed by atoms with van der Waals surface area (Å²) in [6.45, 7) is 0. The molecule has 8 aromatic rings. The third-order valence-electron chi connectivity index (χ3n) is 7.63. The van der Waals surface area contributed by atoms with Gasteiger partial charge < -0.3 is 0 Å². The van der Waals surface area contributed by atoms with Crippen molar-refractivity contribution < 1.29 is 0 Å². The number of hydrogen-bond donors (Lipinski definition) is 0. The number of nitrogens with zero attached hydrogens (tertiary/aromatic N) is 2. The molecule has 0 saturated carbocycles. The number of para-hydroxylation sites is 1. The lowest BCUT2D eigenvalue weighted by Crippen LogP contribution is -1.91. The Bertz CT molecular complexity index is 2190. The Kier molecular flexibility index (Phi) is 4.55. The Morgan fingerprint density at radius 2 is 1.00 bits per heavy atom. The Morgan fingerprint density at radius 1 is 0.395 bits per heavy atom. The zero-order valence-corrected chi connectivity index (χ0v) is 20.6. The van der Waals surface area contributed by atoms with Gasteiger partial charge in [0.15, 0.2) is 0 Å². The summed E-state index contributed by atoms with van der Waals surface area (Å²) in [6.07, 6.45) is 1.85. The zero-order valence-electron chi connectivity index (χ0n) is 20.6. The third kappa shape index (κ3) is 3.28. The van der Waals surface area contributed by atoms with Crippen LogP contribution in [0, 0.1) is 0 Å². The van der Waals surface area contributed by atoms with Crippen molar-refractivity contribution in [2.45, 2.75) is 0 Å². The van der Waals surface area contributed by atoms with Gasteiger partial charge >= 0.3 is 0 Å². The van der Waals surface area contributed by atoms with Crippen LogP contribution in [-0.2, 0) is 0 Å². The lowest BCUT2D eigenvalue weighted by Gasteiger charge is -2.14. The molecule has 0 unspecified atom stereocenters. The minimum Gasteiger partial charge on any atom is -0.254 e. The summed E-state index contributed by atoms with van der Waals surface area (Å²) in [6, 6.07) is 45.6. The van der Waals surface area contributed by atoms with E-state index in [1.54, 1.807) is 0 Å². The predicted molar refractivity (Wildman–Crippen MR) is 160 cm³/mol. The van der Waals surface area contributed by atoms with Crippen LogP contribution in [0.1, 0.15) is 0 Å². The molecule has 0 amide bonds. The fraction of sp³-hybridized carbons (Fsp3) is 0. The number of aromatic nitrogens is 2. The van der Waals surface area contributed by atoms with Gasteiger partial charge in [-0.05, 0) is 68.6 Å². The molecule has 2 heterocycles. The van der Waals surface area contributed by atoms with Crippen molar-refractivity contribution in [3.05, 3.63) is 134 Å². The molecule has 6 aromatic carbocycles. The van der Waals surface area contributed by atoms with Gasteiger partial charge in [0.2, 0.25) is 0 Å². The van der Waals surface area contributed by atoms with Crippen molar-refractivity contribution >= 4 is 54.3 Å². The highest BCUT2D eigenvalue weighted by Crippen LogP contribution is 2.38. The first-order valence-electron chi connectivity index (χ1n) is 12.9. The molecule has 2 aromatic heterocycles. The Balaban J connectivity index is 1.33. The van der Waals surface area contributed by atoms with Crippen LogP contribution in [0.4, 0.5) is 0 Å². The second-order valence-corrected chi connectivity index (χ2v) is 9.88. The second kappa shape index (κ2) is 8.22. The summed E-state index contributed by atoms with van der Waals surface area (Å²) >= 11 is 0. The van der Waals surface area contributed by atoms with Gasteiger partial charge in [-0.1, -0.05) is 97.1 Å². The van der Waals surface area contributed by atoms with E-state index in [4.69, 9.17) is 9.97 Å². The van der Waals surface area contributed by atoms with Crippen LogP contribution in [0.2, 0.25) is 0 Å². The van der Waals surface area contributed by atoms with E-state index >= 15 is 0 Å². The van der Waals surface area contributed by atoms with Gasteiger partial charge in [0.25, 0.3) is 0 Å². The molecule has 0 spiro atoms. The fourth-order valence-corrected chi connectivity index (χ4v) is 5.75. The van der Waals surface area contributed by atoms with Gasteiger partial charge in [0, 0.05) is 27.9 Å². The standard InChI is InChI=1S/C36H22N2/c1-2-7-25-20-26(12-11-23(25)6-1)27-13-14-29-22-30(16-15-28(29)21-27)34-31-9-3-4-10-33(31)38-36-32(34)18-17-24-8-5-19-37-35(24)36/h1-22H. The van der Waals surface area contributed by atoms with Crippen molar-refractivity contribution in [2.75, 3.05) is 0 Å². The third-order valence-corrected chi connectivity index (χ3v) is 7.63. The average Bonchev–Trinajstić information content (AvgIpc) is 2.99. The summed E-state index contributed by atoms with van der Waals surface area (Å²) in [5.74, 6) is 0. The molecule has 2 heteroatoms. The van der Waals surface area contributed by atoms with E-state index in [-0.39, 0.29) is 0 Å². The molecular weight excluding hydrogens is 460 g/mol. The van der Waals surface area contributed by atoms with E-state index in [2.05, 4.69) is 121 Å². The first kappa shape index (κ1) is 21.0. The molecule has 2 nitrogen and oxygen atoms in total. The lowest BCUT2D eigenvalue weighted by molar-refractivity contribution is 1.40. The van der Waals surface area contributed by atoms with Crippen LogP contribution in [0.25, 0.3) is 76.5 Å². The molecule has 0 aliphatic heterocycles. The first-order chi connectivity index (χ1) is 18.8. The summed E-state index contributed by atoms with van der Waals surface area (Å²) in [4.78, 5) is 9.75. The van der Waals surface area contributed by atoms with E-state index in [9.17, 15) is 0 Å². The quantitative estimate of drug-likeness (QED) is 0.181. The minimum atomic E-state index is 0.942. The SMILES string of the molecule is c1ccc2cc(-c3ccc4cc(-c5c6ccccc6nc6c5ccc5cccnc56)ccc4c3)ccc2c1. The molecular formula is C36H22N2. The molecule has 8 rings (SSSR count). The Labute approximate surface area is 219 Å². The molecule has 0 fully saturated rings. The minimum absolute atomic E-state index is 0.942. The van der Waals surface area contributed by atoms with E-state index in [0.717, 1.165) is 32.7 Å². The van der Waals surface area contributed by atoms with Crippen molar-refractivity contribution in [1.29, 1.82) is 0 Å². The maximum atomic E-state index is 5.06. The lowest BCUT2D eigenvalue weighted by atomic mass is 9.92. The van der Waals surface area contributed by atoms with Gasteiger partial charge in [0.05, 0.1) is 16.6 Å². The van der Waals surface area contributed by atoms with E-state index in [1.807, 2.05) is 12.3 Å². The largest absolute Gasteiger partial charge is 0.254 e. The van der Waals surface area contributed by atoms with Gasteiger partial charge in [0.1, 0.15) is 0 Å². The van der Waals surface area contributed by atoms with Gasteiger partial charge in [-0.3, -0.25) is 4.98 Å². The van der Waals surface area contributed by atoms with Crippen LogP contribution >= 0.6 is 0 Å². The van der Waals surface area contributed by atoms with E-state index < -0.39 is 0 Å². The zero-order chi connectivity index (χ0) is 25.1. The molecule has 0 bridgehead atoms. The van der Waals surface area contributed by atoms with Gasteiger partial charge in [-0.15, -0.1) is 0 Å². The van der Waals surface area contributed by atoms with Gasteiger partial charge in [-0.25, -0.2) is 4.98 Å². The van der Waals surface area contributed by atoms with E-state index in [0.29, 0.717) is 0 Å². The molecule has 0 aliphatic rings. The summed E-state index contributed by atoms with van der Waals surface area (Å²) < 4.78 is 0. The van der Waals surface area contributed by atoms with Crippen LogP contribution in [0.3, 0.4) is 0 Å². The maximum absolute atomic E-state index is 5.06. The van der Waals surface area contributed by atoms with Crippen molar-refractivity contribution in [2.24, 2.45) is 0 Å². The Morgan fingerprint density at radius 3 is 1.84 bits per heavy atom. The van der Waals surface area contributed by atoms with Crippen LogP contribution in [0.15, 0.2) is 134 Å². The topological polar surface area (TPSA) is 25.8 Å². The number of rotatable bonds is 2. The molecule has 0 atom stereocenters. The summed E-state index contributed by atoms with van der Waals surface area (Å²) in [5.41, 5.74) is 7.74. The number of hydrogen-bond acceptors (Lipinski definition) is 2. The normalized spacial score (nSPS) is 11.7. The fourth-order valence-electron chi connectivity index (χ4n) is 5.75. The molecule has 176 valence electrons. The maximum Gasteiger partial charge on any atom is 0.0978 e. The van der Waals surface area contributed by atoms with Crippen molar-refractivity contribution in [1.82, 2.24) is 9.97 Å².